The monoisotopic (exact) mass is 391 g/mol. The number of anilines is 2. The van der Waals surface area contributed by atoms with Crippen molar-refractivity contribution in [3.05, 3.63) is 59.9 Å². The van der Waals surface area contributed by atoms with Gasteiger partial charge in [0.15, 0.2) is 5.16 Å². The van der Waals surface area contributed by atoms with Crippen molar-refractivity contribution in [1.82, 2.24) is 24.5 Å². The van der Waals surface area contributed by atoms with Crippen molar-refractivity contribution in [2.24, 2.45) is 0 Å². The Balaban J connectivity index is 1.71. The molecule has 2 aromatic carbocycles. The summed E-state index contributed by atoms with van der Waals surface area (Å²) in [6.45, 7) is 2.08. The largest absolute Gasteiger partial charge is 0.368 e. The minimum atomic E-state index is 0.223. The van der Waals surface area contributed by atoms with Gasteiger partial charge in [0.1, 0.15) is 5.82 Å². The number of imidazole rings is 1. The molecule has 2 aromatic heterocycles. The highest BCUT2D eigenvalue weighted by Gasteiger charge is 2.14. The minimum Gasteiger partial charge on any atom is -0.368 e. The fourth-order valence-corrected chi connectivity index (χ4v) is 3.75. The molecule has 4 rings (SSSR count). The number of hydrogen-bond donors (Lipinski definition) is 1. The van der Waals surface area contributed by atoms with Gasteiger partial charge in [-0.1, -0.05) is 41.6 Å². The number of aromatic nitrogens is 5. The number of aryl methyl sites for hydroxylation is 1. The van der Waals surface area contributed by atoms with Gasteiger partial charge < -0.3 is 10.6 Å². The molecule has 0 aliphatic carbocycles. The van der Waals surface area contributed by atoms with Gasteiger partial charge in [0.2, 0.25) is 11.9 Å². The van der Waals surface area contributed by atoms with Crippen LogP contribution in [0.15, 0.2) is 53.7 Å². The van der Waals surface area contributed by atoms with Gasteiger partial charge in [-0.15, -0.1) is 0 Å². The summed E-state index contributed by atoms with van der Waals surface area (Å²) < 4.78 is 2.16. The molecule has 0 atom stereocenters. The highest BCUT2D eigenvalue weighted by Crippen LogP contribution is 2.29. The minimum absolute atomic E-state index is 0.223. The van der Waals surface area contributed by atoms with Gasteiger partial charge in [-0.05, 0) is 31.2 Å². The number of hydrogen-bond acceptors (Lipinski definition) is 7. The Morgan fingerprint density at radius 2 is 1.71 bits per heavy atom. The molecule has 7 nitrogen and oxygen atoms in total. The summed E-state index contributed by atoms with van der Waals surface area (Å²) in [6, 6.07) is 16.6. The fraction of sp³-hybridized carbons (Fsp3) is 0.200. The molecule has 2 heterocycles. The lowest BCUT2D eigenvalue weighted by Gasteiger charge is -2.12. The number of fused-ring (bicyclic) bond motifs is 1. The molecule has 2 N–H and O–H groups in total. The van der Waals surface area contributed by atoms with Crippen molar-refractivity contribution in [3.63, 3.8) is 0 Å². The van der Waals surface area contributed by atoms with Crippen LogP contribution in [-0.4, -0.2) is 38.6 Å². The van der Waals surface area contributed by atoms with Crippen LogP contribution in [0.3, 0.4) is 0 Å². The van der Waals surface area contributed by atoms with Crippen LogP contribution in [0.5, 0.6) is 0 Å². The highest BCUT2D eigenvalue weighted by atomic mass is 32.2. The second kappa shape index (κ2) is 7.47. The summed E-state index contributed by atoms with van der Waals surface area (Å²) in [5.74, 6) is 1.95. The van der Waals surface area contributed by atoms with E-state index in [1.807, 2.05) is 37.2 Å². The Morgan fingerprint density at radius 1 is 0.964 bits per heavy atom. The van der Waals surface area contributed by atoms with Crippen LogP contribution in [0.2, 0.25) is 0 Å². The Bertz CT molecular complexity index is 1120. The lowest BCUT2D eigenvalue weighted by atomic mass is 10.2. The maximum atomic E-state index is 5.84. The van der Waals surface area contributed by atoms with Gasteiger partial charge >= 0.3 is 0 Å². The van der Waals surface area contributed by atoms with Crippen LogP contribution in [0, 0.1) is 6.92 Å². The molecule has 0 bridgehead atoms. The molecule has 0 radical (unpaired) electrons. The molecule has 0 unspecified atom stereocenters. The SMILES string of the molecule is Cc1ccc(-n2c(SCc3nc(N)nc(N(C)C)n3)nc3ccccc32)cc1. The van der Waals surface area contributed by atoms with Gasteiger partial charge in [-0.2, -0.15) is 15.0 Å². The summed E-state index contributed by atoms with van der Waals surface area (Å²) in [5.41, 5.74) is 10.2. The number of nitrogens with two attached hydrogens (primary N) is 1. The van der Waals surface area contributed by atoms with Crippen molar-refractivity contribution in [3.8, 4) is 5.69 Å². The molecule has 0 saturated carbocycles. The topological polar surface area (TPSA) is 85.8 Å². The molecular formula is C20H21N7S. The number of para-hydroxylation sites is 2. The van der Waals surface area contributed by atoms with E-state index in [4.69, 9.17) is 10.7 Å². The van der Waals surface area contributed by atoms with Crippen LogP contribution in [-0.2, 0) is 5.75 Å². The second-order valence-corrected chi connectivity index (χ2v) is 7.59. The third kappa shape index (κ3) is 3.63. The predicted molar refractivity (Wildman–Crippen MR) is 114 cm³/mol. The van der Waals surface area contributed by atoms with Gasteiger partial charge in [0, 0.05) is 19.8 Å². The van der Waals surface area contributed by atoms with Crippen molar-refractivity contribution in [1.29, 1.82) is 0 Å². The lowest BCUT2D eigenvalue weighted by molar-refractivity contribution is 0.901. The van der Waals surface area contributed by atoms with E-state index in [1.165, 1.54) is 5.56 Å². The standard InChI is InChI=1S/C20H21N7S/c1-13-8-10-14(11-9-13)27-16-7-5-4-6-15(16)22-20(27)28-12-17-23-18(21)25-19(24-17)26(2)3/h4-11H,12H2,1-3H3,(H2,21,23,24,25). The molecule has 8 heteroatoms. The molecule has 4 aromatic rings. The van der Waals surface area contributed by atoms with Crippen LogP contribution >= 0.6 is 11.8 Å². The van der Waals surface area contributed by atoms with E-state index in [2.05, 4.69) is 56.8 Å². The van der Waals surface area contributed by atoms with Crippen LogP contribution in [0.25, 0.3) is 16.7 Å². The summed E-state index contributed by atoms with van der Waals surface area (Å²) in [4.78, 5) is 19.5. The van der Waals surface area contributed by atoms with Crippen LogP contribution in [0.1, 0.15) is 11.4 Å². The molecule has 142 valence electrons. The molecule has 0 aliphatic rings. The lowest BCUT2D eigenvalue weighted by Crippen LogP contribution is -2.16. The number of nitrogens with zero attached hydrogens (tertiary/aromatic N) is 6. The van der Waals surface area contributed by atoms with E-state index >= 15 is 0 Å². The van der Waals surface area contributed by atoms with Crippen LogP contribution in [0.4, 0.5) is 11.9 Å². The van der Waals surface area contributed by atoms with E-state index in [-0.39, 0.29) is 5.95 Å². The first-order chi connectivity index (χ1) is 13.5. The second-order valence-electron chi connectivity index (χ2n) is 6.65. The van der Waals surface area contributed by atoms with Gasteiger partial charge in [0.25, 0.3) is 0 Å². The van der Waals surface area contributed by atoms with E-state index in [9.17, 15) is 0 Å². The van der Waals surface area contributed by atoms with Crippen molar-refractivity contribution in [2.75, 3.05) is 24.7 Å². The third-order valence-corrected chi connectivity index (χ3v) is 5.17. The van der Waals surface area contributed by atoms with E-state index < -0.39 is 0 Å². The zero-order valence-electron chi connectivity index (χ0n) is 16.0. The number of rotatable bonds is 5. The third-order valence-electron chi connectivity index (χ3n) is 4.24. The molecule has 0 saturated heterocycles. The number of nitrogen functional groups attached to an aromatic ring is 1. The Kier molecular flexibility index (Phi) is 4.87. The van der Waals surface area contributed by atoms with Crippen LogP contribution < -0.4 is 10.6 Å². The molecule has 0 fully saturated rings. The molecule has 0 spiro atoms. The molecule has 28 heavy (non-hydrogen) atoms. The normalized spacial score (nSPS) is 11.1. The first-order valence-electron chi connectivity index (χ1n) is 8.86. The molecule has 0 aliphatic heterocycles. The summed E-state index contributed by atoms with van der Waals surface area (Å²) in [7, 11) is 3.75. The number of benzene rings is 2. The molecular weight excluding hydrogens is 370 g/mol. The van der Waals surface area contributed by atoms with E-state index in [0.717, 1.165) is 21.9 Å². The first kappa shape index (κ1) is 18.2. The zero-order chi connectivity index (χ0) is 19.7. The maximum absolute atomic E-state index is 5.84. The molecule has 0 amide bonds. The smallest absolute Gasteiger partial charge is 0.229 e. The Labute approximate surface area is 167 Å². The summed E-state index contributed by atoms with van der Waals surface area (Å²) in [5, 5.41) is 0.885. The first-order valence-corrected chi connectivity index (χ1v) is 9.85. The summed E-state index contributed by atoms with van der Waals surface area (Å²) in [6.07, 6.45) is 0. The maximum Gasteiger partial charge on any atom is 0.229 e. The highest BCUT2D eigenvalue weighted by molar-refractivity contribution is 7.98. The van der Waals surface area contributed by atoms with Crippen molar-refractivity contribution in [2.45, 2.75) is 17.8 Å². The Hall–Kier alpha value is -3.13. The van der Waals surface area contributed by atoms with Gasteiger partial charge in [-0.25, -0.2) is 4.98 Å². The average Bonchev–Trinajstić information content (AvgIpc) is 3.05. The van der Waals surface area contributed by atoms with Gasteiger partial charge in [-0.3, -0.25) is 4.57 Å². The zero-order valence-corrected chi connectivity index (χ0v) is 16.8. The summed E-state index contributed by atoms with van der Waals surface area (Å²) >= 11 is 1.58. The Morgan fingerprint density at radius 3 is 2.46 bits per heavy atom. The van der Waals surface area contributed by atoms with Crippen molar-refractivity contribution >= 4 is 34.7 Å². The van der Waals surface area contributed by atoms with Gasteiger partial charge in [0.05, 0.1) is 16.8 Å². The van der Waals surface area contributed by atoms with E-state index in [1.54, 1.807) is 11.8 Å². The average molecular weight is 392 g/mol. The fourth-order valence-electron chi connectivity index (χ4n) is 2.86. The van der Waals surface area contributed by atoms with E-state index in [0.29, 0.717) is 17.5 Å². The van der Waals surface area contributed by atoms with Crippen molar-refractivity contribution < 1.29 is 0 Å². The predicted octanol–water partition coefficient (Wildman–Crippen LogP) is 3.46. The number of thioether (sulfide) groups is 1. The quantitative estimate of drug-likeness (QED) is 0.521.